The van der Waals surface area contributed by atoms with E-state index in [2.05, 4.69) is 22.7 Å². The number of carbonyl (C=O) groups is 1. The van der Waals surface area contributed by atoms with Crippen molar-refractivity contribution in [1.29, 1.82) is 0 Å². The number of amides is 1. The number of hydrogen-bond donors (Lipinski definition) is 2. The average Bonchev–Trinajstić information content (AvgIpc) is 2.72. The Morgan fingerprint density at radius 2 is 2.31 bits per heavy atom. The highest BCUT2D eigenvalue weighted by Gasteiger charge is 2.21. The smallest absolute Gasteiger partial charge is 0.221 e. The van der Waals surface area contributed by atoms with Crippen LogP contribution in [0.2, 0.25) is 0 Å². The second kappa shape index (κ2) is 4.25. The van der Waals surface area contributed by atoms with Crippen LogP contribution in [0, 0.1) is 13.8 Å². The van der Waals surface area contributed by atoms with E-state index in [1.165, 1.54) is 11.3 Å². The van der Waals surface area contributed by atoms with Gasteiger partial charge in [0.05, 0.1) is 5.69 Å². The molecule has 2 rings (SSSR count). The van der Waals surface area contributed by atoms with Crippen LogP contribution in [0.15, 0.2) is 0 Å². The van der Waals surface area contributed by atoms with Crippen molar-refractivity contribution in [3.63, 3.8) is 0 Å². The first kappa shape index (κ1) is 11.1. The molecule has 1 aliphatic rings. The van der Waals surface area contributed by atoms with Gasteiger partial charge in [-0.1, -0.05) is 0 Å². The normalized spacial score (nSPS) is 20.2. The first-order valence-corrected chi connectivity index (χ1v) is 5.57. The summed E-state index contributed by atoms with van der Waals surface area (Å²) in [5.74, 6) is 0.136. The van der Waals surface area contributed by atoms with Crippen LogP contribution in [0.25, 0.3) is 0 Å². The van der Waals surface area contributed by atoms with Crippen LogP contribution in [0.1, 0.15) is 23.4 Å². The molecule has 0 spiro atoms. The molecule has 0 saturated carbocycles. The molecule has 1 fully saturated rings. The first-order chi connectivity index (χ1) is 7.58. The monoisotopic (exact) mass is 222 g/mol. The van der Waals surface area contributed by atoms with Crippen molar-refractivity contribution in [2.75, 3.05) is 6.54 Å². The number of nitrogens with zero attached hydrogens (tertiary/aromatic N) is 2. The van der Waals surface area contributed by atoms with Crippen LogP contribution in [0.3, 0.4) is 0 Å². The molecule has 0 bridgehead atoms. The summed E-state index contributed by atoms with van der Waals surface area (Å²) in [7, 11) is 1.95. The van der Waals surface area contributed by atoms with Crippen LogP contribution >= 0.6 is 0 Å². The highest BCUT2D eigenvalue weighted by Crippen LogP contribution is 2.12. The van der Waals surface area contributed by atoms with E-state index in [-0.39, 0.29) is 11.9 Å². The van der Waals surface area contributed by atoms with E-state index in [0.29, 0.717) is 6.42 Å². The molecule has 1 atom stereocenters. The quantitative estimate of drug-likeness (QED) is 0.757. The van der Waals surface area contributed by atoms with Gasteiger partial charge in [-0.05, 0) is 13.8 Å². The molecule has 1 aromatic rings. The van der Waals surface area contributed by atoms with Gasteiger partial charge in [-0.25, -0.2) is 0 Å². The minimum atomic E-state index is 0.136. The molecule has 1 unspecified atom stereocenters. The third-order valence-corrected chi connectivity index (χ3v) is 3.20. The third kappa shape index (κ3) is 2.09. The van der Waals surface area contributed by atoms with E-state index in [1.807, 2.05) is 18.7 Å². The number of aryl methyl sites for hydroxylation is 2. The van der Waals surface area contributed by atoms with Crippen LogP contribution < -0.4 is 10.6 Å². The van der Waals surface area contributed by atoms with Crippen molar-refractivity contribution in [3.05, 3.63) is 17.0 Å². The SMILES string of the molecule is Cc1nn(C)c(C)c1CNC1CNC(=O)C1. The van der Waals surface area contributed by atoms with Gasteiger partial charge in [0, 0.05) is 43.9 Å². The number of aromatic nitrogens is 2. The zero-order valence-electron chi connectivity index (χ0n) is 10.0. The maximum Gasteiger partial charge on any atom is 0.221 e. The Balaban J connectivity index is 1.97. The van der Waals surface area contributed by atoms with Crippen molar-refractivity contribution in [2.24, 2.45) is 7.05 Å². The Morgan fingerprint density at radius 3 is 2.81 bits per heavy atom. The Morgan fingerprint density at radius 1 is 1.56 bits per heavy atom. The van der Waals surface area contributed by atoms with Gasteiger partial charge >= 0.3 is 0 Å². The van der Waals surface area contributed by atoms with Crippen molar-refractivity contribution in [1.82, 2.24) is 20.4 Å². The molecular formula is C11H18N4O. The lowest BCUT2D eigenvalue weighted by molar-refractivity contribution is -0.119. The van der Waals surface area contributed by atoms with E-state index in [9.17, 15) is 4.79 Å². The standard InChI is InChI=1S/C11H18N4O/c1-7-10(8(2)15(3)14-7)6-12-9-4-11(16)13-5-9/h9,12H,4-6H2,1-3H3,(H,13,16). The molecule has 5 heteroatoms. The minimum Gasteiger partial charge on any atom is -0.354 e. The highest BCUT2D eigenvalue weighted by atomic mass is 16.1. The average molecular weight is 222 g/mol. The third-order valence-electron chi connectivity index (χ3n) is 3.20. The second-order valence-corrected chi connectivity index (χ2v) is 4.36. The van der Waals surface area contributed by atoms with E-state index in [1.54, 1.807) is 0 Å². The summed E-state index contributed by atoms with van der Waals surface area (Å²) in [4.78, 5) is 11.0. The second-order valence-electron chi connectivity index (χ2n) is 4.36. The fourth-order valence-electron chi connectivity index (χ4n) is 2.07. The van der Waals surface area contributed by atoms with Gasteiger partial charge in [-0.15, -0.1) is 0 Å². The molecule has 0 radical (unpaired) electrons. The van der Waals surface area contributed by atoms with Gasteiger partial charge in [0.15, 0.2) is 0 Å². The van der Waals surface area contributed by atoms with Gasteiger partial charge in [0.25, 0.3) is 0 Å². The lowest BCUT2D eigenvalue weighted by atomic mass is 10.1. The zero-order chi connectivity index (χ0) is 11.7. The van der Waals surface area contributed by atoms with Gasteiger partial charge in [-0.2, -0.15) is 5.10 Å². The summed E-state index contributed by atoms with van der Waals surface area (Å²) >= 11 is 0. The lowest BCUT2D eigenvalue weighted by Crippen LogP contribution is -2.30. The largest absolute Gasteiger partial charge is 0.354 e. The van der Waals surface area contributed by atoms with Gasteiger partial charge < -0.3 is 10.6 Å². The van der Waals surface area contributed by atoms with Crippen molar-refractivity contribution in [2.45, 2.75) is 32.9 Å². The van der Waals surface area contributed by atoms with Gasteiger partial charge in [-0.3, -0.25) is 9.48 Å². The summed E-state index contributed by atoms with van der Waals surface area (Å²) < 4.78 is 1.89. The minimum absolute atomic E-state index is 0.136. The van der Waals surface area contributed by atoms with Crippen molar-refractivity contribution >= 4 is 5.91 Å². The van der Waals surface area contributed by atoms with E-state index < -0.39 is 0 Å². The van der Waals surface area contributed by atoms with Crippen molar-refractivity contribution in [3.8, 4) is 0 Å². The van der Waals surface area contributed by atoms with E-state index in [0.717, 1.165) is 18.8 Å². The summed E-state index contributed by atoms with van der Waals surface area (Å²) in [5.41, 5.74) is 3.48. The Labute approximate surface area is 95.2 Å². The van der Waals surface area contributed by atoms with E-state index in [4.69, 9.17) is 0 Å². The molecule has 2 heterocycles. The highest BCUT2D eigenvalue weighted by molar-refractivity contribution is 5.78. The summed E-state index contributed by atoms with van der Waals surface area (Å²) in [6.07, 6.45) is 0.582. The predicted octanol–water partition coefficient (Wildman–Crippen LogP) is 0.0150. The van der Waals surface area contributed by atoms with Crippen molar-refractivity contribution < 1.29 is 4.79 Å². The predicted molar refractivity (Wildman–Crippen MR) is 60.9 cm³/mol. The molecule has 1 amide bonds. The molecule has 16 heavy (non-hydrogen) atoms. The Bertz CT molecular complexity index is 410. The first-order valence-electron chi connectivity index (χ1n) is 5.57. The fraction of sp³-hybridized carbons (Fsp3) is 0.636. The number of carbonyl (C=O) groups excluding carboxylic acids is 1. The molecule has 1 saturated heterocycles. The van der Waals surface area contributed by atoms with Gasteiger partial charge in [0.1, 0.15) is 0 Å². The van der Waals surface area contributed by atoms with Crippen LogP contribution in [0.4, 0.5) is 0 Å². The molecule has 88 valence electrons. The molecule has 1 aromatic heterocycles. The molecule has 5 nitrogen and oxygen atoms in total. The van der Waals surface area contributed by atoms with Crippen LogP contribution in [-0.4, -0.2) is 28.3 Å². The topological polar surface area (TPSA) is 59.0 Å². The van der Waals surface area contributed by atoms with E-state index >= 15 is 0 Å². The summed E-state index contributed by atoms with van der Waals surface area (Å²) in [6.45, 7) is 5.60. The van der Waals surface area contributed by atoms with Crippen LogP contribution in [-0.2, 0) is 18.4 Å². The Kier molecular flexibility index (Phi) is 2.96. The molecular weight excluding hydrogens is 204 g/mol. The maximum atomic E-state index is 11.0. The molecule has 0 aromatic carbocycles. The maximum absolute atomic E-state index is 11.0. The zero-order valence-corrected chi connectivity index (χ0v) is 10.0. The Hall–Kier alpha value is -1.36. The fourth-order valence-corrected chi connectivity index (χ4v) is 2.07. The molecule has 2 N–H and O–H groups in total. The summed E-state index contributed by atoms with van der Waals surface area (Å²) in [6, 6.07) is 0.256. The molecule has 0 aliphatic carbocycles. The van der Waals surface area contributed by atoms with Gasteiger partial charge in [0.2, 0.25) is 5.91 Å². The summed E-state index contributed by atoms with van der Waals surface area (Å²) in [5, 5.41) is 10.6. The van der Waals surface area contributed by atoms with Crippen LogP contribution in [0.5, 0.6) is 0 Å². The number of rotatable bonds is 3. The number of nitrogens with one attached hydrogen (secondary N) is 2. The lowest BCUT2D eigenvalue weighted by Gasteiger charge is -2.10. The molecule has 1 aliphatic heterocycles. The number of hydrogen-bond acceptors (Lipinski definition) is 3.